The van der Waals surface area contributed by atoms with E-state index in [4.69, 9.17) is 5.73 Å². The SMILES string of the molecule is CCC(=O)N1CCN(c2ccc(Cc3cc(CCc4cccc(F)c4F)c(C(N)=O)cn3)cc2)CC1. The molecule has 3 aromatic rings. The molecular formula is C28H30F2N4O2. The van der Waals surface area contributed by atoms with Gasteiger partial charge in [-0.25, -0.2) is 8.78 Å². The Labute approximate surface area is 209 Å². The highest BCUT2D eigenvalue weighted by molar-refractivity contribution is 5.94. The van der Waals surface area contributed by atoms with Crippen molar-refractivity contribution in [3.8, 4) is 0 Å². The molecule has 0 saturated carbocycles. The van der Waals surface area contributed by atoms with Gasteiger partial charge in [0, 0.05) is 56.6 Å². The summed E-state index contributed by atoms with van der Waals surface area (Å²) in [6.07, 6.45) is 3.12. The number of benzene rings is 2. The highest BCUT2D eigenvalue weighted by atomic mass is 19.2. The van der Waals surface area contributed by atoms with Gasteiger partial charge in [0.25, 0.3) is 5.91 Å². The molecule has 0 spiro atoms. The third-order valence-corrected chi connectivity index (χ3v) is 6.63. The summed E-state index contributed by atoms with van der Waals surface area (Å²) >= 11 is 0. The van der Waals surface area contributed by atoms with Crippen molar-refractivity contribution >= 4 is 17.5 Å². The first-order chi connectivity index (χ1) is 17.4. The maximum Gasteiger partial charge on any atom is 0.250 e. The van der Waals surface area contributed by atoms with Gasteiger partial charge in [-0.1, -0.05) is 31.2 Å². The van der Waals surface area contributed by atoms with E-state index >= 15 is 0 Å². The lowest BCUT2D eigenvalue weighted by Crippen LogP contribution is -2.48. The molecule has 2 N–H and O–H groups in total. The average Bonchev–Trinajstić information content (AvgIpc) is 2.89. The number of amides is 2. The van der Waals surface area contributed by atoms with Gasteiger partial charge in [0.15, 0.2) is 11.6 Å². The molecule has 0 bridgehead atoms. The van der Waals surface area contributed by atoms with Crippen LogP contribution in [0.2, 0.25) is 0 Å². The number of hydrogen-bond acceptors (Lipinski definition) is 4. The zero-order valence-corrected chi connectivity index (χ0v) is 20.3. The van der Waals surface area contributed by atoms with Gasteiger partial charge in [0.2, 0.25) is 5.91 Å². The number of rotatable bonds is 8. The van der Waals surface area contributed by atoms with Gasteiger partial charge in [-0.15, -0.1) is 0 Å². The first-order valence-corrected chi connectivity index (χ1v) is 12.2. The highest BCUT2D eigenvalue weighted by Crippen LogP contribution is 2.21. The van der Waals surface area contributed by atoms with E-state index in [-0.39, 0.29) is 23.5 Å². The number of hydrogen-bond donors (Lipinski definition) is 1. The molecule has 1 aliphatic heterocycles. The second kappa shape index (κ2) is 11.3. The number of halogens is 2. The maximum atomic E-state index is 14.1. The van der Waals surface area contributed by atoms with E-state index in [1.54, 1.807) is 0 Å². The quantitative estimate of drug-likeness (QED) is 0.518. The molecule has 36 heavy (non-hydrogen) atoms. The van der Waals surface area contributed by atoms with E-state index in [0.717, 1.165) is 49.2 Å². The smallest absolute Gasteiger partial charge is 0.250 e. The number of nitrogens with zero attached hydrogens (tertiary/aromatic N) is 3. The Bertz CT molecular complexity index is 1240. The molecule has 2 amide bonds. The lowest BCUT2D eigenvalue weighted by atomic mass is 9.98. The largest absolute Gasteiger partial charge is 0.368 e. The molecule has 0 aliphatic carbocycles. The topological polar surface area (TPSA) is 79.5 Å². The van der Waals surface area contributed by atoms with Gasteiger partial charge >= 0.3 is 0 Å². The summed E-state index contributed by atoms with van der Waals surface area (Å²) in [7, 11) is 0. The lowest BCUT2D eigenvalue weighted by Gasteiger charge is -2.36. The molecule has 8 heteroatoms. The zero-order valence-electron chi connectivity index (χ0n) is 20.3. The Hall–Kier alpha value is -3.81. The number of aryl methyl sites for hydroxylation is 2. The van der Waals surface area contributed by atoms with E-state index in [0.29, 0.717) is 24.8 Å². The third kappa shape index (κ3) is 5.87. The van der Waals surface area contributed by atoms with Gasteiger partial charge in [0.1, 0.15) is 0 Å². The van der Waals surface area contributed by atoms with Crippen LogP contribution in [0.4, 0.5) is 14.5 Å². The predicted octanol–water partition coefficient (Wildman–Crippen LogP) is 3.89. The van der Waals surface area contributed by atoms with Gasteiger partial charge in [-0.05, 0) is 53.8 Å². The molecule has 1 aliphatic rings. The Kier molecular flexibility index (Phi) is 7.93. The molecular weight excluding hydrogens is 462 g/mol. The number of piperazine rings is 1. The monoisotopic (exact) mass is 492 g/mol. The number of aromatic nitrogens is 1. The number of carbonyl (C=O) groups excluding carboxylic acids is 2. The van der Waals surface area contributed by atoms with Gasteiger partial charge in [-0.2, -0.15) is 0 Å². The Balaban J connectivity index is 1.43. The average molecular weight is 493 g/mol. The second-order valence-electron chi connectivity index (χ2n) is 8.97. The number of primary amides is 1. The summed E-state index contributed by atoms with van der Waals surface area (Å²) < 4.78 is 27.6. The third-order valence-electron chi connectivity index (χ3n) is 6.63. The summed E-state index contributed by atoms with van der Waals surface area (Å²) in [5, 5.41) is 0. The molecule has 2 aromatic carbocycles. The summed E-state index contributed by atoms with van der Waals surface area (Å²) in [6, 6.07) is 14.1. The van der Waals surface area contributed by atoms with Crippen molar-refractivity contribution in [3.63, 3.8) is 0 Å². The highest BCUT2D eigenvalue weighted by Gasteiger charge is 2.20. The maximum absolute atomic E-state index is 14.1. The van der Waals surface area contributed by atoms with Crippen LogP contribution in [0.25, 0.3) is 0 Å². The van der Waals surface area contributed by atoms with Crippen LogP contribution in [0.1, 0.15) is 46.1 Å². The van der Waals surface area contributed by atoms with Crippen molar-refractivity contribution in [3.05, 3.63) is 94.3 Å². The molecule has 2 heterocycles. The number of anilines is 1. The normalized spacial score (nSPS) is 13.6. The molecule has 1 aromatic heterocycles. The summed E-state index contributed by atoms with van der Waals surface area (Å²) in [5.41, 5.74) is 9.64. The van der Waals surface area contributed by atoms with Crippen molar-refractivity contribution < 1.29 is 18.4 Å². The van der Waals surface area contributed by atoms with Crippen LogP contribution in [-0.4, -0.2) is 47.9 Å². The van der Waals surface area contributed by atoms with Crippen LogP contribution in [0, 0.1) is 11.6 Å². The van der Waals surface area contributed by atoms with Crippen molar-refractivity contribution in [2.24, 2.45) is 5.73 Å². The van der Waals surface area contributed by atoms with Crippen LogP contribution in [0.3, 0.4) is 0 Å². The van der Waals surface area contributed by atoms with Crippen LogP contribution in [0.5, 0.6) is 0 Å². The first kappa shape index (κ1) is 25.3. The van der Waals surface area contributed by atoms with Crippen molar-refractivity contribution in [1.82, 2.24) is 9.88 Å². The van der Waals surface area contributed by atoms with Gasteiger partial charge in [0.05, 0.1) is 5.56 Å². The van der Waals surface area contributed by atoms with E-state index in [9.17, 15) is 18.4 Å². The molecule has 0 atom stereocenters. The van der Waals surface area contributed by atoms with Crippen LogP contribution in [0.15, 0.2) is 54.7 Å². The lowest BCUT2D eigenvalue weighted by molar-refractivity contribution is -0.131. The van der Waals surface area contributed by atoms with E-state index < -0.39 is 17.5 Å². The molecule has 1 saturated heterocycles. The number of nitrogens with two attached hydrogens (primary N) is 1. The van der Waals surface area contributed by atoms with Crippen LogP contribution < -0.4 is 10.6 Å². The minimum Gasteiger partial charge on any atom is -0.368 e. The zero-order chi connectivity index (χ0) is 25.7. The predicted molar refractivity (Wildman–Crippen MR) is 135 cm³/mol. The minimum absolute atomic E-state index is 0.195. The van der Waals surface area contributed by atoms with E-state index in [1.807, 2.05) is 30.0 Å². The molecule has 0 unspecified atom stereocenters. The molecule has 6 nitrogen and oxygen atoms in total. The summed E-state index contributed by atoms with van der Waals surface area (Å²) in [6.45, 7) is 4.95. The number of carbonyl (C=O) groups is 2. The number of pyridine rings is 1. The Morgan fingerprint density at radius 1 is 0.972 bits per heavy atom. The van der Waals surface area contributed by atoms with Crippen LogP contribution in [-0.2, 0) is 24.1 Å². The molecule has 1 fully saturated rings. The molecule has 4 rings (SSSR count). The Morgan fingerprint density at radius 3 is 2.33 bits per heavy atom. The summed E-state index contributed by atoms with van der Waals surface area (Å²) in [5.74, 6) is -2.17. The van der Waals surface area contributed by atoms with E-state index in [1.165, 1.54) is 18.3 Å². The van der Waals surface area contributed by atoms with Gasteiger partial charge < -0.3 is 15.5 Å². The minimum atomic E-state index is -0.891. The van der Waals surface area contributed by atoms with Crippen LogP contribution >= 0.6 is 0 Å². The van der Waals surface area contributed by atoms with Crippen molar-refractivity contribution in [2.75, 3.05) is 31.1 Å². The van der Waals surface area contributed by atoms with Crippen molar-refractivity contribution in [1.29, 1.82) is 0 Å². The standard InChI is InChI=1S/C28H30F2N4O2/c1-2-26(35)34-14-12-33(13-15-34)23-10-6-19(7-11-23)16-22-17-21(24(18-32-22)28(31)36)9-8-20-4-3-5-25(29)27(20)30/h3-7,10-11,17-18H,2,8-9,12-16H2,1H3,(H2,31,36). The first-order valence-electron chi connectivity index (χ1n) is 12.2. The fourth-order valence-electron chi connectivity index (χ4n) is 4.55. The second-order valence-corrected chi connectivity index (χ2v) is 8.97. The van der Waals surface area contributed by atoms with Gasteiger partial charge in [-0.3, -0.25) is 14.6 Å². The van der Waals surface area contributed by atoms with Crippen molar-refractivity contribution in [2.45, 2.75) is 32.6 Å². The Morgan fingerprint density at radius 2 is 1.67 bits per heavy atom. The fourth-order valence-corrected chi connectivity index (χ4v) is 4.55. The summed E-state index contributed by atoms with van der Waals surface area (Å²) in [4.78, 5) is 32.4. The van der Waals surface area contributed by atoms with E-state index in [2.05, 4.69) is 22.0 Å². The fraction of sp³-hybridized carbons (Fsp3) is 0.321. The molecule has 188 valence electrons. The molecule has 0 radical (unpaired) electrons.